The van der Waals surface area contributed by atoms with Crippen LogP contribution in [0.4, 0.5) is 5.69 Å². The molecule has 5 heteroatoms. The number of carbonyl (C=O) groups is 1. The largest absolute Gasteiger partial charge is 0.366 e. The van der Waals surface area contributed by atoms with E-state index in [1.165, 1.54) is 11.3 Å². The quantitative estimate of drug-likeness (QED) is 0.876. The van der Waals surface area contributed by atoms with E-state index in [4.69, 9.17) is 5.73 Å². The first-order valence-corrected chi connectivity index (χ1v) is 8.11. The smallest absolute Gasteiger partial charge is 0.251 e. The number of fused-ring (bicyclic) bond motifs is 1. The lowest BCUT2D eigenvalue weighted by Crippen LogP contribution is -2.41. The molecule has 4 nitrogen and oxygen atoms in total. The molecule has 1 amide bonds. The number of nitrogens with two attached hydrogens (primary N) is 1. The van der Waals surface area contributed by atoms with Crippen molar-refractivity contribution in [3.05, 3.63) is 65.2 Å². The number of carbonyl (C=O) groups excluding carboxylic acids is 1. The lowest BCUT2D eigenvalue weighted by Gasteiger charge is -2.27. The van der Waals surface area contributed by atoms with Crippen LogP contribution in [0.2, 0.25) is 0 Å². The van der Waals surface area contributed by atoms with Gasteiger partial charge in [-0.25, -0.2) is 0 Å². The summed E-state index contributed by atoms with van der Waals surface area (Å²) in [5.74, 6) is -0.0343. The number of rotatable bonds is 5. The zero-order chi connectivity index (χ0) is 16.2. The Balaban J connectivity index is 0.00000208. The molecule has 2 aromatic rings. The molecule has 1 heterocycles. The fraction of sp³-hybridized carbons (Fsp3) is 0.316. The lowest BCUT2D eigenvalue weighted by molar-refractivity contribution is 0.0951. The van der Waals surface area contributed by atoms with E-state index in [1.54, 1.807) is 0 Å². The van der Waals surface area contributed by atoms with E-state index >= 15 is 0 Å². The molecule has 0 saturated heterocycles. The Hall–Kier alpha value is -2.04. The van der Waals surface area contributed by atoms with Gasteiger partial charge in [-0.2, -0.15) is 0 Å². The van der Waals surface area contributed by atoms with Crippen molar-refractivity contribution in [3.8, 4) is 0 Å². The second kappa shape index (κ2) is 8.18. The number of anilines is 1. The molecule has 0 radical (unpaired) electrons. The molecule has 0 aromatic heterocycles. The first-order valence-electron chi connectivity index (χ1n) is 8.11. The molecule has 1 atom stereocenters. The summed E-state index contributed by atoms with van der Waals surface area (Å²) in [4.78, 5) is 14.6. The minimum absolute atomic E-state index is 0. The predicted molar refractivity (Wildman–Crippen MR) is 101 cm³/mol. The highest BCUT2D eigenvalue weighted by Gasteiger charge is 2.23. The van der Waals surface area contributed by atoms with Crippen LogP contribution in [0, 0.1) is 0 Å². The molecule has 3 N–H and O–H groups in total. The molecule has 128 valence electrons. The highest BCUT2D eigenvalue weighted by atomic mass is 35.5. The van der Waals surface area contributed by atoms with Crippen molar-refractivity contribution in [1.82, 2.24) is 5.32 Å². The summed E-state index contributed by atoms with van der Waals surface area (Å²) in [5.41, 5.74) is 9.97. The van der Waals surface area contributed by atoms with Crippen molar-refractivity contribution in [1.29, 1.82) is 0 Å². The van der Waals surface area contributed by atoms with Crippen molar-refractivity contribution in [2.75, 3.05) is 18.0 Å². The van der Waals surface area contributed by atoms with Gasteiger partial charge >= 0.3 is 0 Å². The average Bonchev–Trinajstić information content (AvgIpc) is 3.03. The summed E-state index contributed by atoms with van der Waals surface area (Å²) in [6, 6.07) is 16.2. The minimum atomic E-state index is -0.0343. The third kappa shape index (κ3) is 3.89. The first-order chi connectivity index (χ1) is 11.2. The van der Waals surface area contributed by atoms with Crippen molar-refractivity contribution in [3.63, 3.8) is 0 Å². The van der Waals surface area contributed by atoms with Gasteiger partial charge in [0.2, 0.25) is 0 Å². The fourth-order valence-corrected chi connectivity index (χ4v) is 3.07. The topological polar surface area (TPSA) is 58.4 Å². The van der Waals surface area contributed by atoms with Crippen molar-refractivity contribution >= 4 is 24.0 Å². The molecule has 1 aliphatic rings. The summed E-state index contributed by atoms with van der Waals surface area (Å²) in [6.07, 6.45) is 1.08. The molecule has 0 bridgehead atoms. The van der Waals surface area contributed by atoms with E-state index in [9.17, 15) is 4.79 Å². The maximum Gasteiger partial charge on any atom is 0.251 e. The standard InChI is InChI=1S/C19H23N3O.ClH/c1-14(22-11-10-16-4-2-3-5-18(16)22)13-21-19(23)17-8-6-15(12-20)7-9-17;/h2-9,14H,10-13,20H2,1H3,(H,21,23);1H. The number of hydrogen-bond donors (Lipinski definition) is 2. The SMILES string of the molecule is CC(CNC(=O)c1ccc(CN)cc1)N1CCc2ccccc21.Cl. The van der Waals surface area contributed by atoms with Crippen LogP contribution in [-0.4, -0.2) is 25.0 Å². The molecule has 0 spiro atoms. The normalized spacial score (nSPS) is 13.8. The second-order valence-electron chi connectivity index (χ2n) is 6.03. The van der Waals surface area contributed by atoms with E-state index in [1.807, 2.05) is 24.3 Å². The Labute approximate surface area is 149 Å². The number of amides is 1. The number of nitrogens with one attached hydrogen (secondary N) is 1. The summed E-state index contributed by atoms with van der Waals surface area (Å²) >= 11 is 0. The highest BCUT2D eigenvalue weighted by Crippen LogP contribution is 2.28. The van der Waals surface area contributed by atoms with Crippen LogP contribution < -0.4 is 16.0 Å². The van der Waals surface area contributed by atoms with Crippen molar-refractivity contribution < 1.29 is 4.79 Å². The second-order valence-corrected chi connectivity index (χ2v) is 6.03. The third-order valence-corrected chi connectivity index (χ3v) is 4.47. The van der Waals surface area contributed by atoms with E-state index in [0.29, 0.717) is 18.7 Å². The van der Waals surface area contributed by atoms with Gasteiger partial charge in [-0.1, -0.05) is 30.3 Å². The van der Waals surface area contributed by atoms with Crippen LogP contribution in [0.5, 0.6) is 0 Å². The Kier molecular flexibility index (Phi) is 6.23. The van der Waals surface area contributed by atoms with Crippen LogP contribution in [0.3, 0.4) is 0 Å². The molecular formula is C19H24ClN3O. The average molecular weight is 346 g/mol. The number of para-hydroxylation sites is 1. The van der Waals surface area contributed by atoms with Crippen molar-refractivity contribution in [2.45, 2.75) is 25.9 Å². The van der Waals surface area contributed by atoms with Crippen LogP contribution in [0.1, 0.15) is 28.4 Å². The Bertz CT molecular complexity index is 687. The van der Waals surface area contributed by atoms with Gasteiger partial charge in [0.25, 0.3) is 5.91 Å². The number of halogens is 1. The molecule has 0 fully saturated rings. The molecule has 3 rings (SSSR count). The van der Waals surface area contributed by atoms with Gasteiger partial charge in [-0.3, -0.25) is 4.79 Å². The van der Waals surface area contributed by atoms with E-state index in [0.717, 1.165) is 18.5 Å². The van der Waals surface area contributed by atoms with Crippen LogP contribution >= 0.6 is 12.4 Å². The summed E-state index contributed by atoms with van der Waals surface area (Å²) in [6.45, 7) is 4.29. The molecule has 0 saturated carbocycles. The Morgan fingerprint density at radius 1 is 1.21 bits per heavy atom. The number of hydrogen-bond acceptors (Lipinski definition) is 3. The first kappa shape index (κ1) is 18.3. The van der Waals surface area contributed by atoms with Gasteiger partial charge in [-0.15, -0.1) is 12.4 Å². The zero-order valence-corrected chi connectivity index (χ0v) is 14.7. The molecule has 1 unspecified atom stereocenters. The van der Waals surface area contributed by atoms with Crippen LogP contribution in [-0.2, 0) is 13.0 Å². The Morgan fingerprint density at radius 3 is 2.62 bits per heavy atom. The van der Waals surface area contributed by atoms with Gasteiger partial charge < -0.3 is 16.0 Å². The van der Waals surface area contributed by atoms with Gasteiger partial charge in [0, 0.05) is 36.9 Å². The molecular weight excluding hydrogens is 322 g/mol. The third-order valence-electron chi connectivity index (χ3n) is 4.47. The predicted octanol–water partition coefficient (Wildman–Crippen LogP) is 2.75. The lowest BCUT2D eigenvalue weighted by atomic mass is 10.1. The van der Waals surface area contributed by atoms with Gasteiger partial charge in [0.05, 0.1) is 0 Å². The van der Waals surface area contributed by atoms with E-state index < -0.39 is 0 Å². The fourth-order valence-electron chi connectivity index (χ4n) is 3.07. The van der Waals surface area contributed by atoms with Gasteiger partial charge in [0.15, 0.2) is 0 Å². The molecule has 0 aliphatic carbocycles. The molecule has 24 heavy (non-hydrogen) atoms. The maximum absolute atomic E-state index is 12.2. The molecule has 1 aliphatic heterocycles. The summed E-state index contributed by atoms with van der Waals surface area (Å²) in [5, 5.41) is 3.03. The van der Waals surface area contributed by atoms with Gasteiger partial charge in [0.1, 0.15) is 0 Å². The zero-order valence-electron chi connectivity index (χ0n) is 13.9. The highest BCUT2D eigenvalue weighted by molar-refractivity contribution is 5.94. The summed E-state index contributed by atoms with van der Waals surface area (Å²) < 4.78 is 0. The number of nitrogens with zero attached hydrogens (tertiary/aromatic N) is 1. The van der Waals surface area contributed by atoms with Crippen LogP contribution in [0.15, 0.2) is 48.5 Å². The minimum Gasteiger partial charge on any atom is -0.366 e. The van der Waals surface area contributed by atoms with Crippen molar-refractivity contribution in [2.24, 2.45) is 5.73 Å². The maximum atomic E-state index is 12.2. The van der Waals surface area contributed by atoms with E-state index in [2.05, 4.69) is 41.4 Å². The van der Waals surface area contributed by atoms with Crippen LogP contribution in [0.25, 0.3) is 0 Å². The Morgan fingerprint density at radius 2 is 1.92 bits per heavy atom. The summed E-state index contributed by atoms with van der Waals surface area (Å²) in [7, 11) is 0. The number of benzene rings is 2. The van der Waals surface area contributed by atoms with Gasteiger partial charge in [-0.05, 0) is 42.7 Å². The van der Waals surface area contributed by atoms with E-state index in [-0.39, 0.29) is 24.4 Å². The molecule has 2 aromatic carbocycles. The monoisotopic (exact) mass is 345 g/mol.